The number of carboxylic acid groups (broad SMARTS) is 1. The molecule has 0 saturated carbocycles. The lowest BCUT2D eigenvalue weighted by atomic mass is 10.2. The molecule has 0 aromatic heterocycles. The maximum absolute atomic E-state index is 13.1. The van der Waals surface area contributed by atoms with Gasteiger partial charge < -0.3 is 9.84 Å². The minimum Gasteiger partial charge on any atom is -0.478 e. The van der Waals surface area contributed by atoms with Gasteiger partial charge in [-0.05, 0) is 42.8 Å². The van der Waals surface area contributed by atoms with E-state index >= 15 is 0 Å². The van der Waals surface area contributed by atoms with Gasteiger partial charge in [0.25, 0.3) is 0 Å². The van der Waals surface area contributed by atoms with Crippen molar-refractivity contribution in [2.24, 2.45) is 0 Å². The Morgan fingerprint density at radius 3 is 2.68 bits per heavy atom. The summed E-state index contributed by atoms with van der Waals surface area (Å²) in [4.78, 5) is 11.1. The van der Waals surface area contributed by atoms with Crippen molar-refractivity contribution in [3.63, 3.8) is 0 Å². The Morgan fingerprint density at radius 2 is 2.05 bits per heavy atom. The second kappa shape index (κ2) is 5.28. The van der Waals surface area contributed by atoms with Crippen molar-refractivity contribution in [3.05, 3.63) is 58.4 Å². The Hall–Kier alpha value is -2.07. The number of hydrogen-bond donors (Lipinski definition) is 1. The second-order valence-electron chi connectivity index (χ2n) is 3.93. The molecule has 2 aromatic rings. The van der Waals surface area contributed by atoms with E-state index in [1.54, 1.807) is 13.0 Å². The summed E-state index contributed by atoms with van der Waals surface area (Å²) in [7, 11) is 0. The van der Waals surface area contributed by atoms with Crippen LogP contribution in [0.5, 0.6) is 11.5 Å². The standard InChI is InChI=1S/C14H10ClFO3/c1-8-7-9(5-6-11(8)16)19-12-4-2-3-10(15)13(12)14(17)18/h2-7H,1H3,(H,17,18). The fourth-order valence-electron chi connectivity index (χ4n) is 1.60. The normalized spacial score (nSPS) is 10.3. The predicted octanol–water partition coefficient (Wildman–Crippen LogP) is 4.28. The van der Waals surface area contributed by atoms with Crippen molar-refractivity contribution in [1.29, 1.82) is 0 Å². The number of halogens is 2. The molecule has 0 unspecified atom stereocenters. The number of benzene rings is 2. The van der Waals surface area contributed by atoms with Crippen LogP contribution in [0.15, 0.2) is 36.4 Å². The van der Waals surface area contributed by atoms with E-state index in [2.05, 4.69) is 0 Å². The monoisotopic (exact) mass is 280 g/mol. The van der Waals surface area contributed by atoms with Crippen LogP contribution in [0.3, 0.4) is 0 Å². The third-order valence-electron chi connectivity index (χ3n) is 2.55. The minimum absolute atomic E-state index is 0.0869. The molecule has 0 aliphatic heterocycles. The van der Waals surface area contributed by atoms with E-state index in [1.165, 1.54) is 30.3 Å². The molecule has 0 atom stereocenters. The molecule has 2 rings (SSSR count). The molecule has 0 aliphatic carbocycles. The molecular weight excluding hydrogens is 271 g/mol. The largest absolute Gasteiger partial charge is 0.478 e. The molecule has 0 saturated heterocycles. The van der Waals surface area contributed by atoms with E-state index < -0.39 is 5.97 Å². The van der Waals surface area contributed by atoms with Gasteiger partial charge in [-0.2, -0.15) is 0 Å². The van der Waals surface area contributed by atoms with Gasteiger partial charge in [0.2, 0.25) is 0 Å². The van der Waals surface area contributed by atoms with Crippen LogP contribution in [0.25, 0.3) is 0 Å². The Kier molecular flexibility index (Phi) is 3.71. The molecule has 0 radical (unpaired) electrons. The van der Waals surface area contributed by atoms with Gasteiger partial charge in [-0.15, -0.1) is 0 Å². The molecule has 1 N–H and O–H groups in total. The number of hydrogen-bond acceptors (Lipinski definition) is 2. The van der Waals surface area contributed by atoms with Crippen LogP contribution in [-0.2, 0) is 0 Å². The molecule has 98 valence electrons. The van der Waals surface area contributed by atoms with Crippen molar-refractivity contribution in [1.82, 2.24) is 0 Å². The topological polar surface area (TPSA) is 46.5 Å². The first-order valence-corrected chi connectivity index (χ1v) is 5.82. The van der Waals surface area contributed by atoms with Crippen LogP contribution in [0.1, 0.15) is 15.9 Å². The highest BCUT2D eigenvalue weighted by molar-refractivity contribution is 6.33. The average molecular weight is 281 g/mol. The van der Waals surface area contributed by atoms with E-state index in [1.807, 2.05) is 0 Å². The predicted molar refractivity (Wildman–Crippen MR) is 69.6 cm³/mol. The first-order valence-electron chi connectivity index (χ1n) is 5.45. The average Bonchev–Trinajstić information content (AvgIpc) is 2.33. The summed E-state index contributed by atoms with van der Waals surface area (Å²) in [5, 5.41) is 9.19. The van der Waals surface area contributed by atoms with Crippen molar-refractivity contribution >= 4 is 17.6 Å². The first-order chi connectivity index (χ1) is 8.99. The summed E-state index contributed by atoms with van der Waals surface area (Å²) >= 11 is 5.83. The summed E-state index contributed by atoms with van der Waals surface area (Å²) in [6, 6.07) is 8.72. The smallest absolute Gasteiger partial charge is 0.341 e. The van der Waals surface area contributed by atoms with Crippen molar-refractivity contribution in [2.75, 3.05) is 0 Å². The van der Waals surface area contributed by atoms with E-state index in [0.29, 0.717) is 11.3 Å². The second-order valence-corrected chi connectivity index (χ2v) is 4.34. The van der Waals surface area contributed by atoms with E-state index in [4.69, 9.17) is 21.4 Å². The summed E-state index contributed by atoms with van der Waals surface area (Å²) < 4.78 is 18.6. The van der Waals surface area contributed by atoms with Crippen molar-refractivity contribution in [2.45, 2.75) is 6.92 Å². The number of ether oxygens (including phenoxy) is 1. The fraction of sp³-hybridized carbons (Fsp3) is 0.0714. The molecule has 0 spiro atoms. The van der Waals surface area contributed by atoms with Gasteiger partial charge in [-0.1, -0.05) is 17.7 Å². The SMILES string of the molecule is Cc1cc(Oc2cccc(Cl)c2C(=O)O)ccc1F. The van der Waals surface area contributed by atoms with Gasteiger partial charge in [0.1, 0.15) is 22.9 Å². The van der Waals surface area contributed by atoms with Gasteiger partial charge >= 0.3 is 5.97 Å². The lowest BCUT2D eigenvalue weighted by Crippen LogP contribution is -2.01. The molecule has 0 fully saturated rings. The molecule has 0 heterocycles. The summed E-state index contributed by atoms with van der Waals surface area (Å²) in [6.45, 7) is 1.60. The Labute approximate surface area is 114 Å². The van der Waals surface area contributed by atoms with Crippen LogP contribution < -0.4 is 4.74 Å². The molecule has 5 heteroatoms. The molecular formula is C14H10ClFO3. The lowest BCUT2D eigenvalue weighted by molar-refractivity contribution is 0.0694. The highest BCUT2D eigenvalue weighted by Crippen LogP contribution is 2.31. The minimum atomic E-state index is -1.18. The van der Waals surface area contributed by atoms with Gasteiger partial charge in [0.05, 0.1) is 5.02 Å². The summed E-state index contributed by atoms with van der Waals surface area (Å²) in [5.74, 6) is -1.06. The third kappa shape index (κ3) is 2.85. The molecule has 3 nitrogen and oxygen atoms in total. The van der Waals surface area contributed by atoms with Gasteiger partial charge in [0.15, 0.2) is 0 Å². The third-order valence-corrected chi connectivity index (χ3v) is 2.86. The van der Waals surface area contributed by atoms with E-state index in [0.717, 1.165) is 0 Å². The summed E-state index contributed by atoms with van der Waals surface area (Å²) in [5.41, 5.74) is 0.294. The van der Waals surface area contributed by atoms with Gasteiger partial charge in [-0.25, -0.2) is 9.18 Å². The van der Waals surface area contributed by atoms with Crippen LogP contribution >= 0.6 is 11.6 Å². The fourth-order valence-corrected chi connectivity index (χ4v) is 1.85. The summed E-state index contributed by atoms with van der Waals surface area (Å²) in [6.07, 6.45) is 0. The first kappa shape index (κ1) is 13.4. The van der Waals surface area contributed by atoms with Crippen LogP contribution in [0, 0.1) is 12.7 Å². The van der Waals surface area contributed by atoms with Crippen LogP contribution in [0.4, 0.5) is 4.39 Å². The zero-order valence-corrected chi connectivity index (χ0v) is 10.7. The number of aryl methyl sites for hydroxylation is 1. The van der Waals surface area contributed by atoms with E-state index in [9.17, 15) is 9.18 Å². The number of aromatic carboxylic acids is 1. The number of carboxylic acids is 1. The van der Waals surface area contributed by atoms with E-state index in [-0.39, 0.29) is 22.2 Å². The van der Waals surface area contributed by atoms with Gasteiger partial charge in [-0.3, -0.25) is 0 Å². The molecule has 0 bridgehead atoms. The zero-order valence-electron chi connectivity index (χ0n) is 9.98. The maximum Gasteiger partial charge on any atom is 0.341 e. The number of carbonyl (C=O) groups is 1. The Morgan fingerprint density at radius 1 is 1.32 bits per heavy atom. The van der Waals surface area contributed by atoms with Crippen LogP contribution in [0.2, 0.25) is 5.02 Å². The molecule has 0 amide bonds. The lowest BCUT2D eigenvalue weighted by Gasteiger charge is -2.10. The molecule has 0 aliphatic rings. The molecule has 2 aromatic carbocycles. The molecule has 19 heavy (non-hydrogen) atoms. The maximum atomic E-state index is 13.1. The Balaban J connectivity index is 2.40. The zero-order chi connectivity index (χ0) is 14.0. The number of rotatable bonds is 3. The van der Waals surface area contributed by atoms with Crippen LogP contribution in [-0.4, -0.2) is 11.1 Å². The van der Waals surface area contributed by atoms with Crippen molar-refractivity contribution in [3.8, 4) is 11.5 Å². The Bertz CT molecular complexity index is 641. The van der Waals surface area contributed by atoms with Crippen molar-refractivity contribution < 1.29 is 19.0 Å². The van der Waals surface area contributed by atoms with Gasteiger partial charge in [0, 0.05) is 0 Å². The highest BCUT2D eigenvalue weighted by Gasteiger charge is 2.16. The quantitative estimate of drug-likeness (QED) is 0.913. The highest BCUT2D eigenvalue weighted by atomic mass is 35.5.